The van der Waals surface area contributed by atoms with E-state index >= 15 is 0 Å². The van der Waals surface area contributed by atoms with E-state index < -0.39 is 0 Å². The Hall–Kier alpha value is -1.84. The first kappa shape index (κ1) is 6.84. The average molecular weight is 159 g/mol. The molecular formula is C8H5N3O. The summed E-state index contributed by atoms with van der Waals surface area (Å²) in [6, 6.07) is 1.62. The van der Waals surface area contributed by atoms with Crippen LogP contribution in [0.5, 0.6) is 0 Å². The van der Waals surface area contributed by atoms with Gasteiger partial charge in [0.1, 0.15) is 5.52 Å². The summed E-state index contributed by atoms with van der Waals surface area (Å²) in [5, 5.41) is 0. The Bertz CT molecular complexity index is 422. The Morgan fingerprint density at radius 3 is 2.67 bits per heavy atom. The second-order valence-corrected chi connectivity index (χ2v) is 2.25. The predicted octanol–water partition coefficient (Wildman–Crippen LogP) is 0.837. The number of pyridine rings is 1. The van der Waals surface area contributed by atoms with Crippen molar-refractivity contribution in [3.05, 3.63) is 30.2 Å². The van der Waals surface area contributed by atoms with E-state index in [1.807, 2.05) is 0 Å². The van der Waals surface area contributed by atoms with Crippen molar-refractivity contribution in [3.8, 4) is 0 Å². The van der Waals surface area contributed by atoms with Crippen LogP contribution < -0.4 is 0 Å². The van der Waals surface area contributed by atoms with E-state index in [-0.39, 0.29) is 0 Å². The summed E-state index contributed by atoms with van der Waals surface area (Å²) in [7, 11) is 0. The smallest absolute Gasteiger partial charge is 0.178 e. The SMILES string of the molecule is O=Cc1ccnc2nccnc12. The van der Waals surface area contributed by atoms with Gasteiger partial charge >= 0.3 is 0 Å². The minimum atomic E-state index is 0.502. The molecule has 0 N–H and O–H groups in total. The van der Waals surface area contributed by atoms with Crippen molar-refractivity contribution in [1.29, 1.82) is 0 Å². The fourth-order valence-electron chi connectivity index (χ4n) is 0.991. The Morgan fingerprint density at radius 2 is 1.83 bits per heavy atom. The third kappa shape index (κ3) is 0.934. The number of hydrogen-bond donors (Lipinski definition) is 0. The van der Waals surface area contributed by atoms with Crippen molar-refractivity contribution in [2.24, 2.45) is 0 Å². The Balaban J connectivity index is 2.88. The molecule has 2 aromatic rings. The summed E-state index contributed by atoms with van der Waals surface area (Å²) in [6.07, 6.45) is 5.38. The number of nitrogens with zero attached hydrogens (tertiary/aromatic N) is 3. The molecule has 12 heavy (non-hydrogen) atoms. The number of carbonyl (C=O) groups excluding carboxylic acids is 1. The third-order valence-corrected chi connectivity index (χ3v) is 1.53. The van der Waals surface area contributed by atoms with Crippen LogP contribution in [0.4, 0.5) is 0 Å². The molecule has 0 radical (unpaired) electrons. The van der Waals surface area contributed by atoms with Gasteiger partial charge in [0.25, 0.3) is 0 Å². The second kappa shape index (κ2) is 2.65. The third-order valence-electron chi connectivity index (χ3n) is 1.53. The van der Waals surface area contributed by atoms with E-state index in [0.717, 1.165) is 6.29 Å². The molecule has 0 aliphatic rings. The van der Waals surface area contributed by atoms with Crippen molar-refractivity contribution in [2.75, 3.05) is 0 Å². The van der Waals surface area contributed by atoms with Crippen LogP contribution in [0.1, 0.15) is 10.4 Å². The van der Waals surface area contributed by atoms with Gasteiger partial charge in [-0.2, -0.15) is 0 Å². The monoisotopic (exact) mass is 159 g/mol. The first-order valence-corrected chi connectivity index (χ1v) is 3.43. The molecule has 0 atom stereocenters. The summed E-state index contributed by atoms with van der Waals surface area (Å²) in [5.74, 6) is 0. The van der Waals surface area contributed by atoms with Crippen LogP contribution in [0.3, 0.4) is 0 Å². The molecule has 2 aromatic heterocycles. The molecule has 4 nitrogen and oxygen atoms in total. The van der Waals surface area contributed by atoms with Gasteiger partial charge in [-0.1, -0.05) is 0 Å². The van der Waals surface area contributed by atoms with E-state index in [1.54, 1.807) is 18.5 Å². The summed E-state index contributed by atoms with van der Waals surface area (Å²) >= 11 is 0. The predicted molar refractivity (Wildman–Crippen MR) is 42.7 cm³/mol. The summed E-state index contributed by atoms with van der Waals surface area (Å²) in [5.41, 5.74) is 1.57. The van der Waals surface area contributed by atoms with Crippen LogP contribution >= 0.6 is 0 Å². The molecular weight excluding hydrogens is 154 g/mol. The van der Waals surface area contributed by atoms with Crippen molar-refractivity contribution >= 4 is 17.5 Å². The highest BCUT2D eigenvalue weighted by Crippen LogP contribution is 2.07. The van der Waals surface area contributed by atoms with E-state index in [1.165, 1.54) is 6.20 Å². The molecule has 58 valence electrons. The van der Waals surface area contributed by atoms with Crippen LogP contribution in [-0.4, -0.2) is 21.2 Å². The zero-order chi connectivity index (χ0) is 8.39. The van der Waals surface area contributed by atoms with Gasteiger partial charge < -0.3 is 0 Å². The van der Waals surface area contributed by atoms with Crippen LogP contribution in [0.25, 0.3) is 11.2 Å². The first-order valence-electron chi connectivity index (χ1n) is 3.43. The normalized spacial score (nSPS) is 10.0. The van der Waals surface area contributed by atoms with Crippen LogP contribution in [0, 0.1) is 0 Å². The zero-order valence-corrected chi connectivity index (χ0v) is 6.14. The molecule has 0 amide bonds. The maximum atomic E-state index is 10.5. The lowest BCUT2D eigenvalue weighted by Crippen LogP contribution is -1.90. The van der Waals surface area contributed by atoms with Gasteiger partial charge in [0.05, 0.1) is 0 Å². The lowest BCUT2D eigenvalue weighted by molar-refractivity contribution is 0.112. The topological polar surface area (TPSA) is 55.7 Å². The molecule has 2 heterocycles. The molecule has 0 aliphatic carbocycles. The molecule has 0 aliphatic heterocycles. The number of rotatable bonds is 1. The van der Waals surface area contributed by atoms with E-state index in [2.05, 4.69) is 15.0 Å². The zero-order valence-electron chi connectivity index (χ0n) is 6.14. The van der Waals surface area contributed by atoms with Gasteiger partial charge in [0.15, 0.2) is 11.9 Å². The van der Waals surface area contributed by atoms with Crippen LogP contribution in [0.15, 0.2) is 24.7 Å². The minimum absolute atomic E-state index is 0.502. The summed E-state index contributed by atoms with van der Waals surface area (Å²) in [6.45, 7) is 0. The fraction of sp³-hybridized carbons (Fsp3) is 0. The van der Waals surface area contributed by atoms with Crippen LogP contribution in [-0.2, 0) is 0 Å². The molecule has 2 rings (SSSR count). The molecule has 0 bridgehead atoms. The summed E-state index contributed by atoms with van der Waals surface area (Å²) < 4.78 is 0. The van der Waals surface area contributed by atoms with Gasteiger partial charge in [0.2, 0.25) is 0 Å². The number of fused-ring (bicyclic) bond motifs is 1. The maximum absolute atomic E-state index is 10.5. The Labute approximate surface area is 68.3 Å². The molecule has 0 fully saturated rings. The molecule has 0 aromatic carbocycles. The maximum Gasteiger partial charge on any atom is 0.178 e. The minimum Gasteiger partial charge on any atom is -0.298 e. The van der Waals surface area contributed by atoms with Crippen LogP contribution in [0.2, 0.25) is 0 Å². The molecule has 0 saturated heterocycles. The number of carbonyl (C=O) groups is 1. The van der Waals surface area contributed by atoms with Gasteiger partial charge in [-0.15, -0.1) is 0 Å². The highest BCUT2D eigenvalue weighted by Gasteiger charge is 2.00. The molecule has 4 heteroatoms. The highest BCUT2D eigenvalue weighted by atomic mass is 16.1. The average Bonchev–Trinajstić information content (AvgIpc) is 2.17. The van der Waals surface area contributed by atoms with Crippen molar-refractivity contribution < 1.29 is 4.79 Å². The number of aromatic nitrogens is 3. The first-order chi connectivity index (χ1) is 5.92. The van der Waals surface area contributed by atoms with E-state index in [4.69, 9.17) is 0 Å². The Morgan fingerprint density at radius 1 is 1.08 bits per heavy atom. The standard InChI is InChI=1S/C8H5N3O/c12-5-6-1-2-10-8-7(6)9-3-4-11-8/h1-5H. The Kier molecular flexibility index (Phi) is 1.51. The van der Waals surface area contributed by atoms with E-state index in [0.29, 0.717) is 16.7 Å². The van der Waals surface area contributed by atoms with Crippen molar-refractivity contribution in [2.45, 2.75) is 0 Å². The van der Waals surface area contributed by atoms with Gasteiger partial charge in [0, 0.05) is 24.2 Å². The fourth-order valence-corrected chi connectivity index (χ4v) is 0.991. The van der Waals surface area contributed by atoms with E-state index in [9.17, 15) is 4.79 Å². The summed E-state index contributed by atoms with van der Waals surface area (Å²) in [4.78, 5) is 22.4. The van der Waals surface area contributed by atoms with Gasteiger partial charge in [-0.25, -0.2) is 9.97 Å². The lowest BCUT2D eigenvalue weighted by Gasteiger charge is -1.95. The lowest BCUT2D eigenvalue weighted by atomic mass is 10.2. The van der Waals surface area contributed by atoms with Gasteiger partial charge in [-0.3, -0.25) is 9.78 Å². The second-order valence-electron chi connectivity index (χ2n) is 2.25. The van der Waals surface area contributed by atoms with Crippen molar-refractivity contribution in [1.82, 2.24) is 15.0 Å². The largest absolute Gasteiger partial charge is 0.298 e. The highest BCUT2D eigenvalue weighted by molar-refractivity contribution is 5.91. The molecule has 0 saturated carbocycles. The molecule has 0 unspecified atom stereocenters. The number of hydrogen-bond acceptors (Lipinski definition) is 4. The molecule has 0 spiro atoms. The quantitative estimate of drug-likeness (QED) is 0.578. The number of aldehydes is 1. The van der Waals surface area contributed by atoms with Gasteiger partial charge in [-0.05, 0) is 6.07 Å². The van der Waals surface area contributed by atoms with Crippen molar-refractivity contribution in [3.63, 3.8) is 0 Å².